The zero-order valence-corrected chi connectivity index (χ0v) is 10.8. The molecule has 1 atom stereocenters. The molecule has 2 aromatic rings. The van der Waals surface area contributed by atoms with Gasteiger partial charge in [0.05, 0.1) is 28.6 Å². The fourth-order valence-corrected chi connectivity index (χ4v) is 1.81. The summed E-state index contributed by atoms with van der Waals surface area (Å²) in [7, 11) is 0. The molecule has 1 aromatic carbocycles. The number of halogens is 2. The standard InChI is InChI=1S/C11H12Cl2N4/c1-2-9(14)10-6-17(16-15-10)11-5-7(12)3-4-8(11)13/h3-6,9H,2,14H2,1H3. The van der Waals surface area contributed by atoms with Crippen LogP contribution >= 0.6 is 23.2 Å². The summed E-state index contributed by atoms with van der Waals surface area (Å²) >= 11 is 12.0. The molecule has 1 unspecified atom stereocenters. The Labute approximate surface area is 109 Å². The lowest BCUT2D eigenvalue weighted by Gasteiger charge is -2.04. The Bertz CT molecular complexity index is 524. The topological polar surface area (TPSA) is 56.7 Å². The average molecular weight is 271 g/mol. The highest BCUT2D eigenvalue weighted by molar-refractivity contribution is 6.34. The van der Waals surface area contributed by atoms with Crippen LogP contribution in [0.1, 0.15) is 25.1 Å². The lowest BCUT2D eigenvalue weighted by molar-refractivity contribution is 0.670. The normalized spacial score (nSPS) is 12.7. The molecule has 6 heteroatoms. The Kier molecular flexibility index (Phi) is 3.66. The molecule has 0 spiro atoms. The van der Waals surface area contributed by atoms with Gasteiger partial charge in [0, 0.05) is 5.02 Å². The highest BCUT2D eigenvalue weighted by atomic mass is 35.5. The lowest BCUT2D eigenvalue weighted by atomic mass is 10.2. The van der Waals surface area contributed by atoms with Crippen LogP contribution in [0, 0.1) is 0 Å². The number of benzene rings is 1. The summed E-state index contributed by atoms with van der Waals surface area (Å²) in [6.45, 7) is 2.00. The van der Waals surface area contributed by atoms with E-state index in [1.54, 1.807) is 29.1 Å². The van der Waals surface area contributed by atoms with E-state index in [9.17, 15) is 0 Å². The summed E-state index contributed by atoms with van der Waals surface area (Å²) < 4.78 is 1.58. The van der Waals surface area contributed by atoms with Crippen molar-refractivity contribution in [1.29, 1.82) is 0 Å². The highest BCUT2D eigenvalue weighted by Gasteiger charge is 2.11. The maximum atomic E-state index is 6.07. The van der Waals surface area contributed by atoms with Crippen LogP contribution in [0.25, 0.3) is 5.69 Å². The van der Waals surface area contributed by atoms with Crippen LogP contribution in [0.3, 0.4) is 0 Å². The summed E-state index contributed by atoms with van der Waals surface area (Å²) in [5.41, 5.74) is 7.31. The van der Waals surface area contributed by atoms with Crippen molar-refractivity contribution < 1.29 is 0 Å². The van der Waals surface area contributed by atoms with Crippen LogP contribution in [-0.2, 0) is 0 Å². The van der Waals surface area contributed by atoms with Crippen molar-refractivity contribution in [3.05, 3.63) is 40.1 Å². The fourth-order valence-electron chi connectivity index (χ4n) is 1.43. The van der Waals surface area contributed by atoms with Crippen molar-refractivity contribution in [2.24, 2.45) is 5.73 Å². The number of hydrogen-bond acceptors (Lipinski definition) is 3. The summed E-state index contributed by atoms with van der Waals surface area (Å²) in [6, 6.07) is 5.07. The van der Waals surface area contributed by atoms with Crippen molar-refractivity contribution in [2.75, 3.05) is 0 Å². The molecule has 4 nitrogen and oxygen atoms in total. The molecule has 0 aliphatic rings. The number of rotatable bonds is 3. The Morgan fingerprint density at radius 2 is 2.18 bits per heavy atom. The highest BCUT2D eigenvalue weighted by Crippen LogP contribution is 2.24. The molecular formula is C11H12Cl2N4. The molecule has 2 N–H and O–H groups in total. The van der Waals surface area contributed by atoms with Crippen LogP contribution in [-0.4, -0.2) is 15.0 Å². The van der Waals surface area contributed by atoms with Crippen LogP contribution in [0.5, 0.6) is 0 Å². The Hall–Kier alpha value is -1.10. The second kappa shape index (κ2) is 5.04. The predicted octanol–water partition coefficient (Wildman–Crippen LogP) is 2.98. The molecule has 0 saturated carbocycles. The summed E-state index contributed by atoms with van der Waals surface area (Å²) in [5, 5.41) is 9.19. The van der Waals surface area contributed by atoms with Gasteiger partial charge >= 0.3 is 0 Å². The van der Waals surface area contributed by atoms with E-state index in [4.69, 9.17) is 28.9 Å². The van der Waals surface area contributed by atoms with Crippen molar-refractivity contribution in [2.45, 2.75) is 19.4 Å². The molecular weight excluding hydrogens is 259 g/mol. The smallest absolute Gasteiger partial charge is 0.0998 e. The third-order valence-corrected chi connectivity index (χ3v) is 3.04. The molecule has 0 fully saturated rings. The predicted molar refractivity (Wildman–Crippen MR) is 68.6 cm³/mol. The molecule has 0 saturated heterocycles. The van der Waals surface area contributed by atoms with Gasteiger partial charge in [-0.2, -0.15) is 0 Å². The van der Waals surface area contributed by atoms with E-state index in [0.717, 1.165) is 12.1 Å². The quantitative estimate of drug-likeness (QED) is 0.933. The first-order valence-electron chi connectivity index (χ1n) is 5.25. The Balaban J connectivity index is 2.40. The number of nitrogens with two attached hydrogens (primary N) is 1. The van der Waals surface area contributed by atoms with Gasteiger partial charge < -0.3 is 5.73 Å². The monoisotopic (exact) mass is 270 g/mol. The SMILES string of the molecule is CCC(N)c1cn(-c2cc(Cl)ccc2Cl)nn1. The van der Waals surface area contributed by atoms with Crippen molar-refractivity contribution in [3.8, 4) is 5.69 Å². The van der Waals surface area contributed by atoms with Gasteiger partial charge in [-0.05, 0) is 24.6 Å². The summed E-state index contributed by atoms with van der Waals surface area (Å²) in [4.78, 5) is 0. The first-order chi connectivity index (χ1) is 8.11. The molecule has 1 heterocycles. The third-order valence-electron chi connectivity index (χ3n) is 2.49. The lowest BCUT2D eigenvalue weighted by Crippen LogP contribution is -2.08. The third kappa shape index (κ3) is 2.60. The van der Waals surface area contributed by atoms with Crippen molar-refractivity contribution in [3.63, 3.8) is 0 Å². The fraction of sp³-hybridized carbons (Fsp3) is 0.273. The van der Waals surface area contributed by atoms with Gasteiger partial charge in [0.1, 0.15) is 0 Å². The molecule has 0 amide bonds. The zero-order valence-electron chi connectivity index (χ0n) is 9.27. The largest absolute Gasteiger partial charge is 0.323 e. The minimum Gasteiger partial charge on any atom is -0.323 e. The number of aromatic nitrogens is 3. The summed E-state index contributed by atoms with van der Waals surface area (Å²) in [5.74, 6) is 0. The van der Waals surface area contributed by atoms with Gasteiger partial charge in [0.2, 0.25) is 0 Å². The second-order valence-electron chi connectivity index (χ2n) is 3.70. The van der Waals surface area contributed by atoms with Crippen molar-refractivity contribution >= 4 is 23.2 Å². The van der Waals surface area contributed by atoms with Gasteiger partial charge in [-0.3, -0.25) is 0 Å². The number of hydrogen-bond donors (Lipinski definition) is 1. The first-order valence-corrected chi connectivity index (χ1v) is 6.00. The minimum absolute atomic E-state index is 0.110. The number of nitrogens with zero attached hydrogens (tertiary/aromatic N) is 3. The minimum atomic E-state index is -0.110. The van der Waals surface area contributed by atoms with Crippen molar-refractivity contribution in [1.82, 2.24) is 15.0 Å². The maximum Gasteiger partial charge on any atom is 0.0998 e. The van der Waals surface area contributed by atoms with Gasteiger partial charge in [-0.25, -0.2) is 4.68 Å². The Morgan fingerprint density at radius 1 is 1.41 bits per heavy atom. The van der Waals surface area contributed by atoms with Gasteiger partial charge in [-0.15, -0.1) is 5.10 Å². The van der Waals surface area contributed by atoms with Crippen LogP contribution in [0.15, 0.2) is 24.4 Å². The van der Waals surface area contributed by atoms with Crippen LogP contribution in [0.4, 0.5) is 0 Å². The molecule has 0 bridgehead atoms. The van der Waals surface area contributed by atoms with Gasteiger partial charge in [0.25, 0.3) is 0 Å². The first kappa shape index (κ1) is 12.4. The molecule has 0 aliphatic carbocycles. The van der Waals surface area contributed by atoms with E-state index in [-0.39, 0.29) is 6.04 Å². The Morgan fingerprint density at radius 3 is 2.88 bits per heavy atom. The van der Waals surface area contributed by atoms with E-state index >= 15 is 0 Å². The van der Waals surface area contributed by atoms with E-state index in [1.807, 2.05) is 6.92 Å². The molecule has 0 aliphatic heterocycles. The second-order valence-corrected chi connectivity index (χ2v) is 4.54. The van der Waals surface area contributed by atoms with Gasteiger partial charge in [-0.1, -0.05) is 35.3 Å². The van der Waals surface area contributed by atoms with E-state index in [2.05, 4.69) is 10.3 Å². The van der Waals surface area contributed by atoms with E-state index in [1.165, 1.54) is 0 Å². The maximum absolute atomic E-state index is 6.07. The average Bonchev–Trinajstić information content (AvgIpc) is 2.80. The molecule has 90 valence electrons. The van der Waals surface area contributed by atoms with E-state index < -0.39 is 0 Å². The summed E-state index contributed by atoms with van der Waals surface area (Å²) in [6.07, 6.45) is 2.58. The van der Waals surface area contributed by atoms with Gasteiger partial charge in [0.15, 0.2) is 0 Å². The molecule has 0 radical (unpaired) electrons. The van der Waals surface area contributed by atoms with E-state index in [0.29, 0.717) is 15.7 Å². The van der Waals surface area contributed by atoms with Crippen LogP contribution < -0.4 is 5.73 Å². The molecule has 1 aromatic heterocycles. The molecule has 2 rings (SSSR count). The molecule has 17 heavy (non-hydrogen) atoms. The van der Waals surface area contributed by atoms with Crippen LogP contribution in [0.2, 0.25) is 10.0 Å². The zero-order chi connectivity index (χ0) is 12.4.